The van der Waals surface area contributed by atoms with E-state index in [1.54, 1.807) is 6.92 Å². The van der Waals surface area contributed by atoms with Crippen molar-refractivity contribution in [1.29, 1.82) is 0 Å². The Morgan fingerprint density at radius 1 is 1.71 bits per heavy atom. The van der Waals surface area contributed by atoms with Gasteiger partial charge in [0, 0.05) is 13.1 Å². The van der Waals surface area contributed by atoms with Gasteiger partial charge in [0.1, 0.15) is 5.54 Å². The molecule has 1 saturated carbocycles. The summed E-state index contributed by atoms with van der Waals surface area (Å²) >= 11 is 0. The van der Waals surface area contributed by atoms with E-state index in [0.29, 0.717) is 6.54 Å². The summed E-state index contributed by atoms with van der Waals surface area (Å²) in [7, 11) is 1.93. The third-order valence-corrected chi connectivity index (χ3v) is 2.91. The molecular formula is C10H20N2O2. The van der Waals surface area contributed by atoms with Crippen molar-refractivity contribution in [1.82, 2.24) is 4.90 Å². The maximum Gasteiger partial charge on any atom is 0.324 e. The summed E-state index contributed by atoms with van der Waals surface area (Å²) in [4.78, 5) is 12.8. The first-order valence-electron chi connectivity index (χ1n) is 5.04. The zero-order chi connectivity index (χ0) is 10.9. The first kappa shape index (κ1) is 11.5. The second kappa shape index (κ2) is 3.87. The molecule has 0 spiro atoms. The molecule has 4 heteroatoms. The molecule has 0 amide bonds. The molecule has 3 N–H and O–H groups in total. The summed E-state index contributed by atoms with van der Waals surface area (Å²) in [6.45, 7) is 5.15. The summed E-state index contributed by atoms with van der Waals surface area (Å²) in [5.41, 5.74) is 4.52. The maximum absolute atomic E-state index is 10.8. The number of hydrogen-bond acceptors (Lipinski definition) is 3. The molecule has 0 bridgehead atoms. The molecule has 0 aromatic heterocycles. The van der Waals surface area contributed by atoms with Crippen molar-refractivity contribution in [3.05, 3.63) is 0 Å². The SMILES string of the molecule is CC1CC1CN(C)CC(C)(N)C(=O)O. The molecule has 1 aliphatic carbocycles. The first-order valence-corrected chi connectivity index (χ1v) is 5.04. The Kier molecular flexibility index (Phi) is 3.17. The molecule has 3 unspecified atom stereocenters. The van der Waals surface area contributed by atoms with Crippen molar-refractivity contribution in [3.8, 4) is 0 Å². The molecule has 14 heavy (non-hydrogen) atoms. The fourth-order valence-corrected chi connectivity index (χ4v) is 1.75. The highest BCUT2D eigenvalue weighted by molar-refractivity contribution is 5.78. The van der Waals surface area contributed by atoms with E-state index in [1.165, 1.54) is 6.42 Å². The van der Waals surface area contributed by atoms with Gasteiger partial charge in [-0.1, -0.05) is 6.92 Å². The van der Waals surface area contributed by atoms with Crippen molar-refractivity contribution < 1.29 is 9.90 Å². The van der Waals surface area contributed by atoms with Crippen molar-refractivity contribution in [2.45, 2.75) is 25.8 Å². The highest BCUT2D eigenvalue weighted by Crippen LogP contribution is 2.37. The molecule has 0 heterocycles. The lowest BCUT2D eigenvalue weighted by atomic mass is 10.0. The highest BCUT2D eigenvalue weighted by atomic mass is 16.4. The summed E-state index contributed by atoms with van der Waals surface area (Å²) < 4.78 is 0. The number of carboxylic acid groups (broad SMARTS) is 1. The van der Waals surface area contributed by atoms with Gasteiger partial charge in [-0.15, -0.1) is 0 Å². The minimum absolute atomic E-state index is 0.408. The van der Waals surface area contributed by atoms with Crippen LogP contribution in [0.25, 0.3) is 0 Å². The molecule has 82 valence electrons. The van der Waals surface area contributed by atoms with Gasteiger partial charge in [0.05, 0.1) is 0 Å². The summed E-state index contributed by atoms with van der Waals surface area (Å²) in [6.07, 6.45) is 1.26. The van der Waals surface area contributed by atoms with Crippen LogP contribution in [0.5, 0.6) is 0 Å². The number of hydrogen-bond donors (Lipinski definition) is 2. The Morgan fingerprint density at radius 3 is 2.57 bits per heavy atom. The smallest absolute Gasteiger partial charge is 0.324 e. The van der Waals surface area contributed by atoms with Crippen LogP contribution in [0.4, 0.5) is 0 Å². The third kappa shape index (κ3) is 2.96. The van der Waals surface area contributed by atoms with Gasteiger partial charge in [-0.05, 0) is 32.2 Å². The molecular weight excluding hydrogens is 180 g/mol. The monoisotopic (exact) mass is 200 g/mol. The van der Waals surface area contributed by atoms with E-state index in [4.69, 9.17) is 10.8 Å². The van der Waals surface area contributed by atoms with E-state index in [2.05, 4.69) is 6.92 Å². The van der Waals surface area contributed by atoms with Crippen molar-refractivity contribution in [3.63, 3.8) is 0 Å². The maximum atomic E-state index is 10.8. The summed E-state index contributed by atoms with van der Waals surface area (Å²) in [6, 6.07) is 0. The molecule has 1 aliphatic rings. The molecule has 4 nitrogen and oxygen atoms in total. The average Bonchev–Trinajstić information content (AvgIpc) is 2.64. The van der Waals surface area contributed by atoms with Crippen LogP contribution in [0.3, 0.4) is 0 Å². The van der Waals surface area contributed by atoms with Gasteiger partial charge >= 0.3 is 5.97 Å². The Morgan fingerprint density at radius 2 is 2.21 bits per heavy atom. The van der Waals surface area contributed by atoms with Crippen LogP contribution in [0.15, 0.2) is 0 Å². The van der Waals surface area contributed by atoms with Gasteiger partial charge in [0.15, 0.2) is 0 Å². The molecule has 1 rings (SSSR count). The Labute approximate surface area is 85.1 Å². The lowest BCUT2D eigenvalue weighted by Gasteiger charge is -2.26. The van der Waals surface area contributed by atoms with Crippen LogP contribution >= 0.6 is 0 Å². The Balaban J connectivity index is 2.32. The number of nitrogens with two attached hydrogens (primary N) is 1. The van der Waals surface area contributed by atoms with E-state index >= 15 is 0 Å². The molecule has 1 fully saturated rings. The van der Waals surface area contributed by atoms with Crippen LogP contribution in [0, 0.1) is 11.8 Å². The molecule has 0 aromatic carbocycles. The largest absolute Gasteiger partial charge is 0.480 e. The lowest BCUT2D eigenvalue weighted by Crippen LogP contribution is -2.53. The Hall–Kier alpha value is -0.610. The van der Waals surface area contributed by atoms with Crippen molar-refractivity contribution >= 4 is 5.97 Å². The normalized spacial score (nSPS) is 30.1. The number of likely N-dealkylation sites (N-methyl/N-ethyl adjacent to an activating group) is 1. The van der Waals surface area contributed by atoms with Crippen LogP contribution in [-0.4, -0.2) is 41.7 Å². The van der Waals surface area contributed by atoms with E-state index < -0.39 is 11.5 Å². The minimum Gasteiger partial charge on any atom is -0.480 e. The number of rotatable bonds is 5. The molecule has 3 atom stereocenters. The van der Waals surface area contributed by atoms with E-state index in [-0.39, 0.29) is 0 Å². The number of carboxylic acids is 1. The third-order valence-electron chi connectivity index (χ3n) is 2.91. The predicted octanol–water partition coefficient (Wildman–Crippen LogP) is 0.376. The molecule has 0 aliphatic heterocycles. The summed E-state index contributed by atoms with van der Waals surface area (Å²) in [5, 5.41) is 8.84. The number of carbonyl (C=O) groups is 1. The standard InChI is InChI=1S/C10H20N2O2/c1-7-4-8(7)5-12(3)6-10(2,11)9(13)14/h7-8H,4-6,11H2,1-3H3,(H,13,14). The first-order chi connectivity index (χ1) is 6.33. The summed E-state index contributed by atoms with van der Waals surface area (Å²) in [5.74, 6) is 0.601. The van der Waals surface area contributed by atoms with E-state index in [1.807, 2.05) is 11.9 Å². The fraction of sp³-hybridized carbons (Fsp3) is 0.900. The van der Waals surface area contributed by atoms with Gasteiger partial charge in [-0.25, -0.2) is 0 Å². The minimum atomic E-state index is -1.13. The Bertz CT molecular complexity index is 228. The fourth-order valence-electron chi connectivity index (χ4n) is 1.75. The second-order valence-electron chi connectivity index (χ2n) is 4.89. The molecule has 0 saturated heterocycles. The second-order valence-corrected chi connectivity index (χ2v) is 4.89. The van der Waals surface area contributed by atoms with Crippen LogP contribution < -0.4 is 5.73 Å². The highest BCUT2D eigenvalue weighted by Gasteiger charge is 2.35. The van der Waals surface area contributed by atoms with Gasteiger partial charge in [-0.3, -0.25) is 4.79 Å². The molecule has 0 radical (unpaired) electrons. The van der Waals surface area contributed by atoms with Crippen molar-refractivity contribution in [2.75, 3.05) is 20.1 Å². The van der Waals surface area contributed by atoms with Crippen LogP contribution in [-0.2, 0) is 4.79 Å². The number of aliphatic carboxylic acids is 1. The predicted molar refractivity (Wildman–Crippen MR) is 55.0 cm³/mol. The average molecular weight is 200 g/mol. The van der Waals surface area contributed by atoms with Crippen LogP contribution in [0.1, 0.15) is 20.3 Å². The quantitative estimate of drug-likeness (QED) is 0.673. The van der Waals surface area contributed by atoms with Gasteiger partial charge in [-0.2, -0.15) is 0 Å². The molecule has 0 aromatic rings. The van der Waals surface area contributed by atoms with Gasteiger partial charge in [0.25, 0.3) is 0 Å². The van der Waals surface area contributed by atoms with Crippen LogP contribution in [0.2, 0.25) is 0 Å². The van der Waals surface area contributed by atoms with Gasteiger partial charge in [0.2, 0.25) is 0 Å². The lowest BCUT2D eigenvalue weighted by molar-refractivity contribution is -0.143. The number of nitrogens with zero attached hydrogens (tertiary/aromatic N) is 1. The van der Waals surface area contributed by atoms with E-state index in [9.17, 15) is 4.79 Å². The zero-order valence-electron chi connectivity index (χ0n) is 9.16. The van der Waals surface area contributed by atoms with Crippen molar-refractivity contribution in [2.24, 2.45) is 17.6 Å². The topological polar surface area (TPSA) is 66.6 Å². The zero-order valence-corrected chi connectivity index (χ0v) is 9.16. The van der Waals surface area contributed by atoms with E-state index in [0.717, 1.165) is 18.4 Å². The van der Waals surface area contributed by atoms with Gasteiger partial charge < -0.3 is 15.7 Å².